The number of thioether (sulfide) groups is 1. The van der Waals surface area contributed by atoms with Gasteiger partial charge in [-0.1, -0.05) is 19.3 Å². The van der Waals surface area contributed by atoms with E-state index in [4.69, 9.17) is 0 Å². The number of hydrogen-bond donors (Lipinski definition) is 2. The summed E-state index contributed by atoms with van der Waals surface area (Å²) in [5.74, 6) is 0. The highest BCUT2D eigenvalue weighted by Gasteiger charge is 2.35. The van der Waals surface area contributed by atoms with Crippen LogP contribution in [0.1, 0.15) is 51.4 Å². The van der Waals surface area contributed by atoms with Crippen molar-refractivity contribution in [3.8, 4) is 0 Å². The van der Waals surface area contributed by atoms with E-state index in [9.17, 15) is 5.11 Å². The van der Waals surface area contributed by atoms with Gasteiger partial charge in [0.05, 0.1) is 6.61 Å². The molecule has 2 atom stereocenters. The number of hydrogen-bond acceptors (Lipinski definition) is 3. The molecule has 2 aliphatic carbocycles. The maximum absolute atomic E-state index is 9.55. The van der Waals surface area contributed by atoms with Crippen molar-refractivity contribution in [3.63, 3.8) is 0 Å². The standard InChI is InChI=1S/C13H25NOS/c1-14-13(10-15)8-4-7-12(9-13)16-11-5-2-3-6-11/h11-12,14-15H,2-10H2,1H3. The number of rotatable bonds is 4. The van der Waals surface area contributed by atoms with Gasteiger partial charge in [-0.25, -0.2) is 0 Å². The highest BCUT2D eigenvalue weighted by molar-refractivity contribution is 8.00. The predicted molar refractivity (Wildman–Crippen MR) is 71.0 cm³/mol. The molecule has 2 rings (SSSR count). The Balaban J connectivity index is 1.85. The average molecular weight is 243 g/mol. The van der Waals surface area contributed by atoms with E-state index in [1.807, 2.05) is 7.05 Å². The Morgan fingerprint density at radius 3 is 2.50 bits per heavy atom. The van der Waals surface area contributed by atoms with Crippen molar-refractivity contribution in [1.82, 2.24) is 5.32 Å². The van der Waals surface area contributed by atoms with Gasteiger partial charge in [-0.05, 0) is 39.2 Å². The lowest BCUT2D eigenvalue weighted by atomic mass is 9.82. The zero-order valence-corrected chi connectivity index (χ0v) is 11.2. The van der Waals surface area contributed by atoms with Crippen LogP contribution in [0.4, 0.5) is 0 Å². The third-order valence-electron chi connectivity index (χ3n) is 4.32. The van der Waals surface area contributed by atoms with Crippen LogP contribution in [-0.2, 0) is 0 Å². The summed E-state index contributed by atoms with van der Waals surface area (Å²) in [6, 6.07) is 0. The molecule has 0 aromatic heterocycles. The Labute approximate surface area is 104 Å². The molecule has 0 saturated heterocycles. The number of aliphatic hydroxyl groups is 1. The third-order valence-corrected chi connectivity index (χ3v) is 5.96. The summed E-state index contributed by atoms with van der Waals surface area (Å²) in [6.45, 7) is 0.297. The predicted octanol–water partition coefficient (Wildman–Crippen LogP) is 2.56. The molecular weight excluding hydrogens is 218 g/mol. The van der Waals surface area contributed by atoms with Crippen molar-refractivity contribution in [2.75, 3.05) is 13.7 Å². The molecule has 2 unspecified atom stereocenters. The third kappa shape index (κ3) is 2.93. The molecule has 2 fully saturated rings. The summed E-state index contributed by atoms with van der Waals surface area (Å²) in [5.41, 5.74) is 0.0223. The van der Waals surface area contributed by atoms with Crippen LogP contribution in [0.2, 0.25) is 0 Å². The van der Waals surface area contributed by atoms with Gasteiger partial charge in [0.1, 0.15) is 0 Å². The first-order chi connectivity index (χ1) is 7.78. The molecule has 0 bridgehead atoms. The topological polar surface area (TPSA) is 32.3 Å². The summed E-state index contributed by atoms with van der Waals surface area (Å²) < 4.78 is 0. The van der Waals surface area contributed by atoms with Gasteiger partial charge in [-0.2, -0.15) is 11.8 Å². The minimum absolute atomic E-state index is 0.0223. The van der Waals surface area contributed by atoms with Gasteiger partial charge >= 0.3 is 0 Å². The maximum atomic E-state index is 9.55. The number of likely N-dealkylation sites (N-methyl/N-ethyl adjacent to an activating group) is 1. The summed E-state index contributed by atoms with van der Waals surface area (Å²) >= 11 is 2.21. The molecule has 2 N–H and O–H groups in total. The molecule has 94 valence electrons. The highest BCUT2D eigenvalue weighted by Crippen LogP contribution is 2.40. The zero-order chi connectivity index (χ0) is 11.4. The van der Waals surface area contributed by atoms with Crippen molar-refractivity contribution in [2.24, 2.45) is 0 Å². The largest absolute Gasteiger partial charge is 0.394 e. The average Bonchev–Trinajstić information content (AvgIpc) is 2.82. The second-order valence-electron chi connectivity index (χ2n) is 5.45. The Kier molecular flexibility index (Phi) is 4.57. The van der Waals surface area contributed by atoms with Crippen LogP contribution < -0.4 is 5.32 Å². The summed E-state index contributed by atoms with van der Waals surface area (Å²) in [6.07, 6.45) is 10.6. The number of aliphatic hydroxyl groups excluding tert-OH is 1. The first-order valence-corrected chi connectivity index (χ1v) is 7.67. The van der Waals surface area contributed by atoms with Gasteiger partial charge in [0.2, 0.25) is 0 Å². The van der Waals surface area contributed by atoms with Crippen molar-refractivity contribution >= 4 is 11.8 Å². The second kappa shape index (κ2) is 5.74. The fourth-order valence-corrected chi connectivity index (χ4v) is 5.04. The van der Waals surface area contributed by atoms with Crippen LogP contribution in [0, 0.1) is 0 Å². The van der Waals surface area contributed by atoms with E-state index in [0.29, 0.717) is 6.61 Å². The fraction of sp³-hybridized carbons (Fsp3) is 1.00. The second-order valence-corrected chi connectivity index (χ2v) is 7.05. The van der Waals surface area contributed by atoms with E-state index < -0.39 is 0 Å². The molecule has 2 aliphatic rings. The first-order valence-electron chi connectivity index (χ1n) is 6.73. The molecule has 0 aliphatic heterocycles. The van der Waals surface area contributed by atoms with Crippen molar-refractivity contribution in [2.45, 2.75) is 67.4 Å². The molecule has 0 heterocycles. The van der Waals surface area contributed by atoms with E-state index in [-0.39, 0.29) is 5.54 Å². The molecule has 2 nitrogen and oxygen atoms in total. The molecular formula is C13H25NOS. The van der Waals surface area contributed by atoms with Gasteiger partial charge in [0.25, 0.3) is 0 Å². The Morgan fingerprint density at radius 1 is 1.19 bits per heavy atom. The van der Waals surface area contributed by atoms with Gasteiger partial charge in [-0.15, -0.1) is 0 Å². The van der Waals surface area contributed by atoms with E-state index in [2.05, 4.69) is 17.1 Å². The van der Waals surface area contributed by atoms with E-state index >= 15 is 0 Å². The van der Waals surface area contributed by atoms with Gasteiger partial charge in [-0.3, -0.25) is 0 Å². The molecule has 3 heteroatoms. The van der Waals surface area contributed by atoms with Gasteiger partial charge in [0, 0.05) is 16.0 Å². The maximum Gasteiger partial charge on any atom is 0.0613 e. The van der Waals surface area contributed by atoms with Crippen molar-refractivity contribution in [3.05, 3.63) is 0 Å². The van der Waals surface area contributed by atoms with E-state index in [1.54, 1.807) is 0 Å². The minimum atomic E-state index is 0.0223. The van der Waals surface area contributed by atoms with E-state index in [0.717, 1.165) is 23.3 Å². The summed E-state index contributed by atoms with van der Waals surface area (Å²) in [7, 11) is 2.00. The van der Waals surface area contributed by atoms with Crippen LogP contribution >= 0.6 is 11.8 Å². The molecule has 0 aromatic rings. The Bertz CT molecular complexity index is 212. The molecule has 16 heavy (non-hydrogen) atoms. The monoisotopic (exact) mass is 243 g/mol. The highest BCUT2D eigenvalue weighted by atomic mass is 32.2. The van der Waals surface area contributed by atoms with Gasteiger partial charge < -0.3 is 10.4 Å². The smallest absolute Gasteiger partial charge is 0.0613 e. The normalized spacial score (nSPS) is 36.8. The van der Waals surface area contributed by atoms with Gasteiger partial charge in [0.15, 0.2) is 0 Å². The van der Waals surface area contributed by atoms with E-state index in [1.165, 1.54) is 38.5 Å². The molecule has 0 radical (unpaired) electrons. The fourth-order valence-electron chi connectivity index (χ4n) is 3.17. The Hall–Kier alpha value is 0.270. The first kappa shape index (κ1) is 12.7. The lowest BCUT2D eigenvalue weighted by Gasteiger charge is -2.40. The van der Waals surface area contributed by atoms with Crippen molar-refractivity contribution in [1.29, 1.82) is 0 Å². The van der Waals surface area contributed by atoms with Crippen LogP contribution in [0.5, 0.6) is 0 Å². The zero-order valence-electron chi connectivity index (χ0n) is 10.4. The van der Waals surface area contributed by atoms with Crippen LogP contribution in [0.25, 0.3) is 0 Å². The van der Waals surface area contributed by atoms with Crippen LogP contribution in [0.3, 0.4) is 0 Å². The van der Waals surface area contributed by atoms with Crippen molar-refractivity contribution < 1.29 is 5.11 Å². The summed E-state index contributed by atoms with van der Waals surface area (Å²) in [4.78, 5) is 0. The van der Waals surface area contributed by atoms with Crippen LogP contribution in [-0.4, -0.2) is 34.8 Å². The molecule has 2 saturated carbocycles. The summed E-state index contributed by atoms with van der Waals surface area (Å²) in [5, 5.41) is 14.6. The molecule has 0 amide bonds. The lowest BCUT2D eigenvalue weighted by molar-refractivity contribution is 0.131. The number of nitrogens with one attached hydrogen (secondary N) is 1. The molecule has 0 spiro atoms. The Morgan fingerprint density at radius 2 is 1.88 bits per heavy atom. The molecule has 0 aromatic carbocycles. The van der Waals surface area contributed by atoms with Crippen LogP contribution in [0.15, 0.2) is 0 Å². The quantitative estimate of drug-likeness (QED) is 0.796. The lowest BCUT2D eigenvalue weighted by Crippen LogP contribution is -2.50. The SMILES string of the molecule is CNC1(CO)CCCC(SC2CCCC2)C1. The minimum Gasteiger partial charge on any atom is -0.394 e.